The number of carbonyl (C=O) groups excluding carboxylic acids is 2. The number of imide groups is 1. The molecule has 0 radical (unpaired) electrons. The topological polar surface area (TPSA) is 59.1 Å². The van der Waals surface area contributed by atoms with E-state index in [1.807, 2.05) is 44.2 Å². The number of amides is 2. The summed E-state index contributed by atoms with van der Waals surface area (Å²) < 4.78 is 10.8. The molecule has 0 unspecified atom stereocenters. The molecule has 0 saturated carbocycles. The van der Waals surface area contributed by atoms with Crippen LogP contribution in [0.1, 0.15) is 35.1 Å². The second kappa shape index (κ2) is 7.20. The van der Waals surface area contributed by atoms with Gasteiger partial charge in [-0.15, -0.1) is 0 Å². The summed E-state index contributed by atoms with van der Waals surface area (Å²) in [6.07, 6.45) is 2.07. The third-order valence-electron chi connectivity index (χ3n) is 5.99. The first-order chi connectivity index (χ1) is 14.5. The quantitative estimate of drug-likeness (QED) is 0.731. The second-order valence-corrected chi connectivity index (χ2v) is 8.12. The van der Waals surface area contributed by atoms with Crippen LogP contribution in [0.15, 0.2) is 42.1 Å². The number of rotatable bonds is 4. The number of aryl methyl sites for hydroxylation is 2. The summed E-state index contributed by atoms with van der Waals surface area (Å²) in [5, 5.41) is 0. The summed E-state index contributed by atoms with van der Waals surface area (Å²) in [4.78, 5) is 30.4. The highest BCUT2D eigenvalue weighted by Gasteiger charge is 2.42. The molecule has 3 aliphatic heterocycles. The zero-order valence-corrected chi connectivity index (χ0v) is 17.2. The number of likely N-dealkylation sites (tertiary alicyclic amines) is 1. The monoisotopic (exact) mass is 404 g/mol. The molecule has 0 spiro atoms. The highest BCUT2D eigenvalue weighted by atomic mass is 16.7. The molecule has 0 aliphatic carbocycles. The fraction of sp³-hybridized carbons (Fsp3) is 0.333. The van der Waals surface area contributed by atoms with E-state index in [-0.39, 0.29) is 25.2 Å². The van der Waals surface area contributed by atoms with Crippen LogP contribution in [-0.2, 0) is 16.1 Å². The molecule has 6 heteroatoms. The summed E-state index contributed by atoms with van der Waals surface area (Å²) in [6.45, 7) is 6.04. The van der Waals surface area contributed by atoms with Crippen molar-refractivity contribution in [1.29, 1.82) is 0 Å². The standard InChI is InChI=1S/C24H24N2O4/c1-15-5-7-18(16(2)11-15)21-22(25-9-3-4-10-25)24(28)26(23(21)27)13-17-6-8-19-20(12-17)30-14-29-19/h5-8,11-12H,3-4,9-10,13-14H2,1-2H3. The Morgan fingerprint density at radius 1 is 0.900 bits per heavy atom. The van der Waals surface area contributed by atoms with Crippen LogP contribution in [0.3, 0.4) is 0 Å². The van der Waals surface area contributed by atoms with Gasteiger partial charge in [-0.25, -0.2) is 0 Å². The fourth-order valence-electron chi connectivity index (χ4n) is 4.50. The summed E-state index contributed by atoms with van der Waals surface area (Å²) in [6, 6.07) is 11.6. The van der Waals surface area contributed by atoms with Crippen molar-refractivity contribution < 1.29 is 19.1 Å². The average Bonchev–Trinajstić information content (AvgIpc) is 3.45. The van der Waals surface area contributed by atoms with Crippen LogP contribution >= 0.6 is 0 Å². The summed E-state index contributed by atoms with van der Waals surface area (Å²) in [5.74, 6) is 0.889. The van der Waals surface area contributed by atoms with Crippen LogP contribution in [-0.4, -0.2) is 41.5 Å². The molecule has 3 aliphatic rings. The molecule has 0 bridgehead atoms. The maximum atomic E-state index is 13.5. The van der Waals surface area contributed by atoms with Gasteiger partial charge < -0.3 is 14.4 Å². The second-order valence-electron chi connectivity index (χ2n) is 8.12. The first kappa shape index (κ1) is 18.7. The minimum Gasteiger partial charge on any atom is -0.454 e. The number of carbonyl (C=O) groups is 2. The van der Waals surface area contributed by atoms with Crippen LogP contribution in [0.5, 0.6) is 11.5 Å². The van der Waals surface area contributed by atoms with Crippen LogP contribution < -0.4 is 9.47 Å². The Labute approximate surface area is 175 Å². The van der Waals surface area contributed by atoms with Crippen molar-refractivity contribution in [2.45, 2.75) is 33.2 Å². The first-order valence-electron chi connectivity index (χ1n) is 10.3. The van der Waals surface area contributed by atoms with Gasteiger partial charge in [0.2, 0.25) is 6.79 Å². The van der Waals surface area contributed by atoms with Gasteiger partial charge in [-0.2, -0.15) is 0 Å². The highest BCUT2D eigenvalue weighted by molar-refractivity contribution is 6.35. The number of nitrogens with zero attached hydrogens (tertiary/aromatic N) is 2. The molecule has 5 rings (SSSR count). The van der Waals surface area contributed by atoms with Crippen molar-refractivity contribution in [2.24, 2.45) is 0 Å². The van der Waals surface area contributed by atoms with Gasteiger partial charge in [0.05, 0.1) is 12.1 Å². The lowest BCUT2D eigenvalue weighted by Crippen LogP contribution is -2.34. The Hall–Kier alpha value is -3.28. The maximum Gasteiger partial charge on any atom is 0.278 e. The molecule has 0 N–H and O–H groups in total. The minimum atomic E-state index is -0.230. The number of hydrogen-bond acceptors (Lipinski definition) is 5. The summed E-state index contributed by atoms with van der Waals surface area (Å²) >= 11 is 0. The number of fused-ring (bicyclic) bond motifs is 1. The van der Waals surface area contributed by atoms with E-state index in [2.05, 4.69) is 11.0 Å². The van der Waals surface area contributed by atoms with E-state index in [0.29, 0.717) is 22.8 Å². The Morgan fingerprint density at radius 2 is 1.67 bits per heavy atom. The summed E-state index contributed by atoms with van der Waals surface area (Å²) in [7, 11) is 0. The molecule has 2 aromatic carbocycles. The predicted molar refractivity (Wildman–Crippen MR) is 112 cm³/mol. The molecular weight excluding hydrogens is 380 g/mol. The van der Waals surface area contributed by atoms with Crippen LogP contribution in [0, 0.1) is 13.8 Å². The Balaban J connectivity index is 1.53. The Morgan fingerprint density at radius 3 is 2.43 bits per heavy atom. The number of hydrogen-bond donors (Lipinski definition) is 0. The Kier molecular flexibility index (Phi) is 4.50. The zero-order chi connectivity index (χ0) is 20.8. The zero-order valence-electron chi connectivity index (χ0n) is 17.2. The van der Waals surface area contributed by atoms with E-state index < -0.39 is 0 Å². The van der Waals surface area contributed by atoms with Crippen LogP contribution in [0.4, 0.5) is 0 Å². The molecule has 0 atom stereocenters. The third kappa shape index (κ3) is 3.03. The van der Waals surface area contributed by atoms with Gasteiger partial charge in [-0.05, 0) is 55.5 Å². The molecule has 2 aromatic rings. The molecule has 1 saturated heterocycles. The predicted octanol–water partition coefficient (Wildman–Crippen LogP) is 3.41. The molecule has 30 heavy (non-hydrogen) atoms. The summed E-state index contributed by atoms with van der Waals surface area (Å²) in [5.41, 5.74) is 4.89. The van der Waals surface area contributed by atoms with Gasteiger partial charge in [0, 0.05) is 13.1 Å². The van der Waals surface area contributed by atoms with Crippen molar-refractivity contribution in [3.8, 4) is 11.5 Å². The Bertz CT molecular complexity index is 1080. The van der Waals surface area contributed by atoms with E-state index in [9.17, 15) is 9.59 Å². The van der Waals surface area contributed by atoms with Gasteiger partial charge in [0.25, 0.3) is 11.8 Å². The molecule has 6 nitrogen and oxygen atoms in total. The maximum absolute atomic E-state index is 13.5. The van der Waals surface area contributed by atoms with Crippen molar-refractivity contribution >= 4 is 17.4 Å². The van der Waals surface area contributed by atoms with E-state index in [1.54, 1.807) is 0 Å². The molecular formula is C24H24N2O4. The van der Waals surface area contributed by atoms with E-state index in [0.717, 1.165) is 48.2 Å². The third-order valence-corrected chi connectivity index (χ3v) is 5.99. The highest BCUT2D eigenvalue weighted by Crippen LogP contribution is 2.37. The van der Waals surface area contributed by atoms with Crippen molar-refractivity contribution in [1.82, 2.24) is 9.80 Å². The molecule has 0 aromatic heterocycles. The number of benzene rings is 2. The lowest BCUT2D eigenvalue weighted by molar-refractivity contribution is -0.138. The van der Waals surface area contributed by atoms with Crippen molar-refractivity contribution in [2.75, 3.05) is 19.9 Å². The molecule has 3 heterocycles. The van der Waals surface area contributed by atoms with Crippen LogP contribution in [0.2, 0.25) is 0 Å². The fourth-order valence-corrected chi connectivity index (χ4v) is 4.50. The van der Waals surface area contributed by atoms with Gasteiger partial charge in [0.1, 0.15) is 5.70 Å². The lowest BCUT2D eigenvalue weighted by Gasteiger charge is -2.20. The van der Waals surface area contributed by atoms with Gasteiger partial charge in [0.15, 0.2) is 11.5 Å². The lowest BCUT2D eigenvalue weighted by atomic mass is 9.97. The molecule has 1 fully saturated rings. The van der Waals surface area contributed by atoms with Crippen molar-refractivity contribution in [3.63, 3.8) is 0 Å². The smallest absolute Gasteiger partial charge is 0.278 e. The van der Waals surface area contributed by atoms with E-state index in [4.69, 9.17) is 9.47 Å². The average molecular weight is 404 g/mol. The largest absolute Gasteiger partial charge is 0.454 e. The molecule has 154 valence electrons. The van der Waals surface area contributed by atoms with Gasteiger partial charge >= 0.3 is 0 Å². The first-order valence-corrected chi connectivity index (χ1v) is 10.3. The SMILES string of the molecule is Cc1ccc(C2=C(N3CCCC3)C(=O)N(Cc3ccc4c(c3)OCO4)C2=O)c(C)c1. The van der Waals surface area contributed by atoms with Gasteiger partial charge in [-0.3, -0.25) is 14.5 Å². The van der Waals surface area contributed by atoms with E-state index in [1.165, 1.54) is 4.90 Å². The molecule has 2 amide bonds. The van der Waals surface area contributed by atoms with Gasteiger partial charge in [-0.1, -0.05) is 29.8 Å². The number of ether oxygens (including phenoxy) is 2. The normalized spacial score (nSPS) is 18.2. The minimum absolute atomic E-state index is 0.192. The van der Waals surface area contributed by atoms with Crippen LogP contribution in [0.25, 0.3) is 5.57 Å². The van der Waals surface area contributed by atoms with Crippen molar-refractivity contribution in [3.05, 3.63) is 64.3 Å². The van der Waals surface area contributed by atoms with E-state index >= 15 is 0 Å².